The van der Waals surface area contributed by atoms with Gasteiger partial charge in [0.05, 0.1) is 3.79 Å². The zero-order chi connectivity index (χ0) is 10.1. The minimum Gasteiger partial charge on any atom is -0.480 e. The molecule has 72 valence electrons. The molecule has 0 aliphatic heterocycles. The molecule has 1 aromatic heterocycles. The van der Waals surface area contributed by atoms with Gasteiger partial charge in [-0.05, 0) is 35.0 Å². The van der Waals surface area contributed by atoms with Crippen molar-refractivity contribution in [2.45, 2.75) is 12.5 Å². The quantitative estimate of drug-likeness (QED) is 0.568. The van der Waals surface area contributed by atoms with Crippen molar-refractivity contribution in [2.24, 2.45) is 5.84 Å². The van der Waals surface area contributed by atoms with Crippen LogP contribution in [0.4, 0.5) is 0 Å². The van der Waals surface area contributed by atoms with Crippen LogP contribution < -0.4 is 11.3 Å². The molecule has 0 saturated carbocycles. The minimum absolute atomic E-state index is 0.661. The summed E-state index contributed by atoms with van der Waals surface area (Å²) in [5.74, 6) is 4.21. The Labute approximate surface area is 87.8 Å². The molecule has 0 aliphatic carbocycles. The van der Waals surface area contributed by atoms with Gasteiger partial charge < -0.3 is 5.11 Å². The number of halogens is 1. The fourth-order valence-electron chi connectivity index (χ4n) is 0.821. The Kier molecular flexibility index (Phi) is 3.07. The van der Waals surface area contributed by atoms with Crippen LogP contribution in [0.3, 0.4) is 0 Å². The Hall–Kier alpha value is -0.430. The Morgan fingerprint density at radius 3 is 2.69 bits per heavy atom. The second-order valence-corrected chi connectivity index (χ2v) is 5.14. The number of hydrogen-bond donors (Lipinski definition) is 3. The average molecular weight is 265 g/mol. The molecule has 0 saturated heterocycles. The summed E-state index contributed by atoms with van der Waals surface area (Å²) < 4.78 is 0.880. The third-order valence-corrected chi connectivity index (χ3v) is 3.63. The van der Waals surface area contributed by atoms with E-state index >= 15 is 0 Å². The van der Waals surface area contributed by atoms with E-state index in [9.17, 15) is 4.79 Å². The lowest BCUT2D eigenvalue weighted by Crippen LogP contribution is -2.49. The zero-order valence-corrected chi connectivity index (χ0v) is 9.28. The Balaban J connectivity index is 3.09. The predicted octanol–water partition coefficient (Wildman–Crippen LogP) is 1.27. The monoisotopic (exact) mass is 264 g/mol. The molecule has 0 aromatic carbocycles. The van der Waals surface area contributed by atoms with Gasteiger partial charge >= 0.3 is 5.97 Å². The second-order valence-electron chi connectivity index (χ2n) is 2.68. The van der Waals surface area contributed by atoms with E-state index in [0.717, 1.165) is 3.79 Å². The number of carboxylic acids is 1. The molecule has 0 radical (unpaired) electrons. The van der Waals surface area contributed by atoms with Gasteiger partial charge in [0.1, 0.15) is 0 Å². The summed E-state index contributed by atoms with van der Waals surface area (Å²) in [6, 6.07) is 3.52. The van der Waals surface area contributed by atoms with Crippen molar-refractivity contribution < 1.29 is 9.90 Å². The average Bonchev–Trinajstić information content (AvgIpc) is 2.50. The van der Waals surface area contributed by atoms with Crippen molar-refractivity contribution >= 4 is 33.2 Å². The van der Waals surface area contributed by atoms with Crippen molar-refractivity contribution in [2.75, 3.05) is 0 Å². The van der Waals surface area contributed by atoms with E-state index in [-0.39, 0.29) is 0 Å². The summed E-state index contributed by atoms with van der Waals surface area (Å²) in [5, 5.41) is 8.94. The highest BCUT2D eigenvalue weighted by molar-refractivity contribution is 9.11. The van der Waals surface area contributed by atoms with Gasteiger partial charge in [-0.15, -0.1) is 11.3 Å². The van der Waals surface area contributed by atoms with Crippen molar-refractivity contribution in [3.8, 4) is 0 Å². The Morgan fingerprint density at radius 2 is 2.38 bits per heavy atom. The first-order valence-electron chi connectivity index (χ1n) is 3.47. The maximum Gasteiger partial charge on any atom is 0.330 e. The van der Waals surface area contributed by atoms with Gasteiger partial charge in [0.15, 0.2) is 5.54 Å². The number of rotatable bonds is 3. The molecule has 1 atom stereocenters. The molecule has 0 amide bonds. The number of thiophene rings is 1. The van der Waals surface area contributed by atoms with Gasteiger partial charge in [-0.2, -0.15) is 0 Å². The lowest BCUT2D eigenvalue weighted by molar-refractivity contribution is -0.144. The lowest BCUT2D eigenvalue weighted by atomic mass is 10.0. The molecule has 1 heterocycles. The number of nitrogens with two attached hydrogens (primary N) is 1. The van der Waals surface area contributed by atoms with E-state index in [0.29, 0.717) is 4.88 Å². The Morgan fingerprint density at radius 1 is 1.77 bits per heavy atom. The normalized spacial score (nSPS) is 15.3. The second kappa shape index (κ2) is 3.75. The molecule has 0 spiro atoms. The van der Waals surface area contributed by atoms with Crippen LogP contribution in [0, 0.1) is 0 Å². The van der Waals surface area contributed by atoms with Crippen LogP contribution in [0.1, 0.15) is 11.8 Å². The minimum atomic E-state index is -1.21. The molecule has 0 aliphatic rings. The number of hydrogen-bond acceptors (Lipinski definition) is 4. The van der Waals surface area contributed by atoms with Crippen LogP contribution in [0.5, 0.6) is 0 Å². The summed E-state index contributed by atoms with van der Waals surface area (Å²) >= 11 is 4.60. The van der Waals surface area contributed by atoms with E-state index in [2.05, 4.69) is 21.4 Å². The van der Waals surface area contributed by atoms with Crippen molar-refractivity contribution in [3.63, 3.8) is 0 Å². The maximum absolute atomic E-state index is 10.9. The number of aliphatic carboxylic acids is 1. The first-order valence-corrected chi connectivity index (χ1v) is 5.08. The smallest absolute Gasteiger partial charge is 0.330 e. The molecule has 1 unspecified atom stereocenters. The van der Waals surface area contributed by atoms with Crippen LogP contribution in [0.2, 0.25) is 0 Å². The third kappa shape index (κ3) is 1.91. The van der Waals surface area contributed by atoms with Gasteiger partial charge in [-0.25, -0.2) is 10.2 Å². The SMILES string of the molecule is CC(NN)(C(=O)O)c1ccc(Br)s1. The van der Waals surface area contributed by atoms with E-state index in [1.165, 1.54) is 18.3 Å². The highest BCUT2D eigenvalue weighted by Crippen LogP contribution is 2.30. The molecule has 13 heavy (non-hydrogen) atoms. The molecule has 1 aromatic rings. The summed E-state index contributed by atoms with van der Waals surface area (Å²) in [6.07, 6.45) is 0. The third-order valence-electron chi connectivity index (χ3n) is 1.78. The van der Waals surface area contributed by atoms with Gasteiger partial charge in [-0.1, -0.05) is 0 Å². The number of carboxylic acid groups (broad SMARTS) is 1. The highest BCUT2D eigenvalue weighted by Gasteiger charge is 2.35. The lowest BCUT2D eigenvalue weighted by Gasteiger charge is -2.21. The van der Waals surface area contributed by atoms with Crippen LogP contribution in [0.25, 0.3) is 0 Å². The maximum atomic E-state index is 10.9. The first kappa shape index (κ1) is 10.6. The zero-order valence-electron chi connectivity index (χ0n) is 6.87. The fourth-order valence-corrected chi connectivity index (χ4v) is 2.31. The summed E-state index contributed by atoms with van der Waals surface area (Å²) in [4.78, 5) is 11.6. The largest absolute Gasteiger partial charge is 0.480 e. The molecule has 4 N–H and O–H groups in total. The molecule has 0 bridgehead atoms. The topological polar surface area (TPSA) is 75.3 Å². The summed E-state index contributed by atoms with van der Waals surface area (Å²) in [5.41, 5.74) is 1.09. The first-order chi connectivity index (χ1) is 6.00. The standard InChI is InChI=1S/C7H9BrN2O2S/c1-7(10-9,6(11)12)4-2-3-5(8)13-4/h2-3,10H,9H2,1H3,(H,11,12). The van der Waals surface area contributed by atoms with Crippen molar-refractivity contribution in [3.05, 3.63) is 20.8 Å². The molecular formula is C7H9BrN2O2S. The van der Waals surface area contributed by atoms with Crippen LogP contribution in [0.15, 0.2) is 15.9 Å². The van der Waals surface area contributed by atoms with Gasteiger partial charge in [0.2, 0.25) is 0 Å². The molecule has 6 heteroatoms. The molecule has 1 rings (SSSR count). The highest BCUT2D eigenvalue weighted by atomic mass is 79.9. The van der Waals surface area contributed by atoms with E-state index in [1.54, 1.807) is 12.1 Å². The summed E-state index contributed by atoms with van der Waals surface area (Å²) in [6.45, 7) is 1.52. The fraction of sp³-hybridized carbons (Fsp3) is 0.286. The Bertz CT molecular complexity index is 328. The number of nitrogens with one attached hydrogen (secondary N) is 1. The van der Waals surface area contributed by atoms with Crippen molar-refractivity contribution in [1.82, 2.24) is 5.43 Å². The van der Waals surface area contributed by atoms with Crippen LogP contribution in [-0.2, 0) is 10.3 Å². The van der Waals surface area contributed by atoms with Gasteiger partial charge in [0.25, 0.3) is 0 Å². The van der Waals surface area contributed by atoms with E-state index < -0.39 is 11.5 Å². The van der Waals surface area contributed by atoms with Crippen LogP contribution in [-0.4, -0.2) is 11.1 Å². The van der Waals surface area contributed by atoms with E-state index in [4.69, 9.17) is 10.9 Å². The number of carbonyl (C=O) groups is 1. The van der Waals surface area contributed by atoms with Crippen LogP contribution >= 0.6 is 27.3 Å². The van der Waals surface area contributed by atoms with E-state index in [1.807, 2.05) is 0 Å². The van der Waals surface area contributed by atoms with Crippen molar-refractivity contribution in [1.29, 1.82) is 0 Å². The molecular weight excluding hydrogens is 256 g/mol. The molecule has 4 nitrogen and oxygen atoms in total. The predicted molar refractivity (Wildman–Crippen MR) is 54.3 cm³/mol. The number of hydrazine groups is 1. The summed E-state index contributed by atoms with van der Waals surface area (Å²) in [7, 11) is 0. The van der Waals surface area contributed by atoms with Gasteiger partial charge in [0, 0.05) is 4.88 Å². The van der Waals surface area contributed by atoms with Gasteiger partial charge in [-0.3, -0.25) is 5.84 Å². The molecule has 0 fully saturated rings.